The number of amides is 1. The van der Waals surface area contributed by atoms with Gasteiger partial charge in [-0.15, -0.1) is 0 Å². The second kappa shape index (κ2) is 24.9. The number of benzene rings is 3. The molecule has 388 valence electrons. The monoisotopic (exact) mass is 1030 g/mol. The standard InChI is InChI=1S/C55H65F2NO12S2/c1-6-55(4,5)52(62)69-47-30-33(2)29-37-8-7-34(3)44(49(37)47)22-21-42-31-43(32-48(60)67-42)68-53(63)65-25-27-71-72-28-26-66-54(64)70-46(35-9-13-38(56)14-10-35)24-23-45-50(36-11-19-41(59)20-12-36)58(51(45)61)40-17-15-39(57)16-18-40/h7-20,29,33-34,42-47,49-50,59H,6,21-28,30-32H2,1-5H3/t33-,34-,42+,43+,44-,45+,46-,47-,49-,50?/m0/s1. The molecule has 2 heterocycles. The lowest BCUT2D eigenvalue weighted by atomic mass is 9.65. The quantitative estimate of drug-likeness (QED) is 0.0352. The molecule has 1 N–H and O–H groups in total. The fraction of sp³-hybridized carbons (Fsp3) is 0.509. The summed E-state index contributed by atoms with van der Waals surface area (Å²) in [6.45, 7) is 10.2. The summed E-state index contributed by atoms with van der Waals surface area (Å²) in [5.41, 5.74) is 2.40. The number of allylic oxidation sites excluding steroid dienone is 3. The van der Waals surface area contributed by atoms with E-state index >= 15 is 0 Å². The van der Waals surface area contributed by atoms with E-state index in [-0.39, 0.29) is 79.9 Å². The van der Waals surface area contributed by atoms with Gasteiger partial charge in [0, 0.05) is 29.5 Å². The third kappa shape index (κ3) is 14.1. The molecule has 10 atom stereocenters. The summed E-state index contributed by atoms with van der Waals surface area (Å²) in [6, 6.07) is 17.2. The lowest BCUT2D eigenvalue weighted by Crippen LogP contribution is -2.55. The number of esters is 2. The largest absolute Gasteiger partial charge is 0.508 e. The second-order valence-corrected chi connectivity index (χ2v) is 22.4. The van der Waals surface area contributed by atoms with Crippen molar-refractivity contribution < 1.29 is 66.3 Å². The highest BCUT2D eigenvalue weighted by molar-refractivity contribution is 8.76. The number of carbonyl (C=O) groups is 5. The molecular formula is C55H65F2NO12S2. The van der Waals surface area contributed by atoms with Gasteiger partial charge in [0.25, 0.3) is 0 Å². The number of ether oxygens (including phenoxy) is 6. The van der Waals surface area contributed by atoms with Crippen LogP contribution in [0.1, 0.15) is 109 Å². The molecule has 0 radical (unpaired) electrons. The summed E-state index contributed by atoms with van der Waals surface area (Å²) < 4.78 is 61.6. The number of rotatable bonds is 21. The summed E-state index contributed by atoms with van der Waals surface area (Å²) >= 11 is 0. The number of halogens is 2. The van der Waals surface area contributed by atoms with Gasteiger partial charge in [-0.05, 0) is 135 Å². The van der Waals surface area contributed by atoms with E-state index in [2.05, 4.69) is 32.1 Å². The first kappa shape index (κ1) is 54.2. The van der Waals surface area contributed by atoms with Crippen molar-refractivity contribution in [3.63, 3.8) is 0 Å². The smallest absolute Gasteiger partial charge is 0.508 e. The SMILES string of the molecule is CCC(C)(C)C(=O)O[C@H]1C[C@@H](C)C=C2C=C[C@H](C)[C@H](CC[C@@H]3C[C@@H](OC(=O)OCCSSCCOC(=O)O[C@@H](CC[C@H]4C(=O)N(c5ccc(F)cc5)C4c4ccc(O)cc4)c4ccc(F)cc4)CC(=O)O3)[C@H]21. The van der Waals surface area contributed by atoms with E-state index in [1.54, 1.807) is 17.0 Å². The maximum absolute atomic E-state index is 13.9. The van der Waals surface area contributed by atoms with Crippen molar-refractivity contribution in [3.8, 4) is 5.75 Å². The highest BCUT2D eigenvalue weighted by atomic mass is 33.1. The van der Waals surface area contributed by atoms with Crippen LogP contribution in [0.3, 0.4) is 0 Å². The third-order valence-electron chi connectivity index (χ3n) is 14.2. The molecule has 7 rings (SSSR count). The first-order valence-corrected chi connectivity index (χ1v) is 27.3. The summed E-state index contributed by atoms with van der Waals surface area (Å²) in [7, 11) is 2.79. The molecule has 4 aliphatic rings. The Morgan fingerprint density at radius 2 is 1.50 bits per heavy atom. The number of carbonyl (C=O) groups excluding carboxylic acids is 5. The number of anilines is 1. The van der Waals surface area contributed by atoms with Crippen molar-refractivity contribution in [1.29, 1.82) is 0 Å². The number of β-lactam (4-membered cyclic amide) rings is 1. The van der Waals surface area contributed by atoms with Crippen LogP contribution in [0, 0.1) is 46.6 Å². The molecule has 13 nitrogen and oxygen atoms in total. The molecule has 0 saturated carbocycles. The van der Waals surface area contributed by atoms with Crippen molar-refractivity contribution in [2.75, 3.05) is 29.6 Å². The van der Waals surface area contributed by atoms with E-state index in [4.69, 9.17) is 28.4 Å². The van der Waals surface area contributed by atoms with Gasteiger partial charge in [-0.25, -0.2) is 18.4 Å². The van der Waals surface area contributed by atoms with Crippen LogP contribution in [-0.4, -0.2) is 78.3 Å². The zero-order valence-electron chi connectivity index (χ0n) is 41.4. The van der Waals surface area contributed by atoms with Crippen molar-refractivity contribution in [3.05, 3.63) is 119 Å². The topological polar surface area (TPSA) is 164 Å². The van der Waals surface area contributed by atoms with E-state index in [0.29, 0.717) is 42.0 Å². The number of hydrogen-bond donors (Lipinski definition) is 1. The molecule has 0 bridgehead atoms. The summed E-state index contributed by atoms with van der Waals surface area (Å²) in [6.07, 6.45) is 6.09. The fourth-order valence-electron chi connectivity index (χ4n) is 9.98. The Morgan fingerprint density at radius 3 is 2.17 bits per heavy atom. The first-order chi connectivity index (χ1) is 34.5. The molecule has 1 unspecified atom stereocenters. The number of fused-ring (bicyclic) bond motifs is 1. The highest BCUT2D eigenvalue weighted by Gasteiger charge is 2.49. The van der Waals surface area contributed by atoms with Crippen molar-refractivity contribution in [2.24, 2.45) is 35.0 Å². The molecular weight excluding hydrogens is 969 g/mol. The van der Waals surface area contributed by atoms with E-state index in [1.807, 2.05) is 20.8 Å². The summed E-state index contributed by atoms with van der Waals surface area (Å²) in [5.74, 6) is -0.719. The van der Waals surface area contributed by atoms with Gasteiger partial charge in [0.15, 0.2) is 0 Å². The Kier molecular flexibility index (Phi) is 18.8. The summed E-state index contributed by atoms with van der Waals surface area (Å²) in [5, 5.41) is 9.91. The Morgan fingerprint density at radius 1 is 0.847 bits per heavy atom. The van der Waals surface area contributed by atoms with Gasteiger partial charge in [-0.1, -0.05) is 84.9 Å². The van der Waals surface area contributed by atoms with Crippen LogP contribution in [0.4, 0.5) is 24.1 Å². The molecule has 17 heteroatoms. The maximum atomic E-state index is 13.9. The predicted molar refractivity (Wildman–Crippen MR) is 270 cm³/mol. The molecule has 3 aromatic rings. The number of nitrogens with zero attached hydrogens (tertiary/aromatic N) is 1. The van der Waals surface area contributed by atoms with E-state index in [9.17, 15) is 37.9 Å². The molecule has 2 aliphatic heterocycles. The molecule has 3 aromatic carbocycles. The Bertz CT molecular complexity index is 2420. The van der Waals surface area contributed by atoms with E-state index in [1.165, 1.54) is 87.8 Å². The molecule has 2 fully saturated rings. The maximum Gasteiger partial charge on any atom is 0.508 e. The minimum absolute atomic E-state index is 0.00453. The third-order valence-corrected chi connectivity index (χ3v) is 16.6. The van der Waals surface area contributed by atoms with E-state index in [0.717, 1.165) is 18.4 Å². The number of phenols is 1. The second-order valence-electron chi connectivity index (χ2n) is 19.7. The van der Waals surface area contributed by atoms with Gasteiger partial charge in [0.05, 0.1) is 23.8 Å². The molecule has 2 saturated heterocycles. The average molecular weight is 1030 g/mol. The predicted octanol–water partition coefficient (Wildman–Crippen LogP) is 12.2. The van der Waals surface area contributed by atoms with Crippen LogP contribution in [0.25, 0.3) is 0 Å². The van der Waals surface area contributed by atoms with Crippen LogP contribution in [0.15, 0.2) is 96.6 Å². The summed E-state index contributed by atoms with van der Waals surface area (Å²) in [4.78, 5) is 66.7. The molecule has 1 amide bonds. The molecule has 0 spiro atoms. The first-order valence-electron chi connectivity index (χ1n) is 24.8. The van der Waals surface area contributed by atoms with Crippen LogP contribution in [-0.2, 0) is 42.8 Å². The Hall–Kier alpha value is -5.55. The van der Waals surface area contributed by atoms with Gasteiger partial charge >= 0.3 is 24.2 Å². The minimum atomic E-state index is -0.938. The average Bonchev–Trinajstić information content (AvgIpc) is 3.34. The van der Waals surface area contributed by atoms with Crippen LogP contribution in [0.5, 0.6) is 5.75 Å². The van der Waals surface area contributed by atoms with Crippen molar-refractivity contribution in [2.45, 2.75) is 116 Å². The number of cyclic esters (lactones) is 1. The highest BCUT2D eigenvalue weighted by Crippen LogP contribution is 2.48. The van der Waals surface area contributed by atoms with Gasteiger partial charge < -0.3 is 38.4 Å². The molecule has 2 aliphatic carbocycles. The van der Waals surface area contributed by atoms with E-state index < -0.39 is 65.6 Å². The lowest BCUT2D eigenvalue weighted by Gasteiger charge is -2.48. The van der Waals surface area contributed by atoms with Crippen molar-refractivity contribution in [1.82, 2.24) is 0 Å². The Balaban J connectivity index is 0.815. The molecule has 72 heavy (non-hydrogen) atoms. The van der Waals surface area contributed by atoms with Crippen LogP contribution < -0.4 is 4.90 Å². The molecule has 0 aromatic heterocycles. The zero-order chi connectivity index (χ0) is 51.5. The fourth-order valence-corrected chi connectivity index (χ4v) is 11.6. The Labute approximate surface area is 428 Å². The zero-order valence-corrected chi connectivity index (χ0v) is 43.0. The van der Waals surface area contributed by atoms with Crippen LogP contribution >= 0.6 is 21.6 Å². The number of aromatic hydroxyl groups is 1. The normalized spacial score (nSPS) is 25.2. The van der Waals surface area contributed by atoms with Gasteiger partial charge in [0.1, 0.15) is 55.0 Å². The number of phenolic OH excluding ortho intramolecular Hbond substituents is 1. The van der Waals surface area contributed by atoms with Gasteiger partial charge in [-0.2, -0.15) is 0 Å². The minimum Gasteiger partial charge on any atom is -0.508 e. The van der Waals surface area contributed by atoms with Crippen LogP contribution in [0.2, 0.25) is 0 Å². The van der Waals surface area contributed by atoms with Gasteiger partial charge in [0.2, 0.25) is 5.91 Å². The lowest BCUT2D eigenvalue weighted by molar-refractivity contribution is -0.166. The van der Waals surface area contributed by atoms with Crippen molar-refractivity contribution >= 4 is 57.4 Å². The number of hydrogen-bond acceptors (Lipinski definition) is 14. The van der Waals surface area contributed by atoms with Gasteiger partial charge in [-0.3, -0.25) is 14.4 Å².